The number of hydrogen-bond acceptors (Lipinski definition) is 5. The Morgan fingerprint density at radius 1 is 1.14 bits per heavy atom. The van der Waals surface area contributed by atoms with Crippen molar-refractivity contribution in [1.29, 1.82) is 0 Å². The predicted molar refractivity (Wildman–Crippen MR) is 109 cm³/mol. The highest BCUT2D eigenvalue weighted by molar-refractivity contribution is 8.15. The monoisotopic (exact) mass is 397 g/mol. The zero-order chi connectivity index (χ0) is 20.3. The number of carbonyl (C=O) groups excluding carboxylic acids is 2. The number of anilines is 1. The van der Waals surface area contributed by atoms with Crippen LogP contribution in [0, 0.1) is 6.92 Å². The van der Waals surface area contributed by atoms with E-state index in [1.54, 1.807) is 7.05 Å². The van der Waals surface area contributed by atoms with Crippen molar-refractivity contribution < 1.29 is 19.5 Å². The van der Waals surface area contributed by atoms with Gasteiger partial charge in [0.05, 0.1) is 11.3 Å². The molecule has 2 aromatic carbocycles. The summed E-state index contributed by atoms with van der Waals surface area (Å²) >= 11 is 1.26. The maximum Gasteiger partial charge on any atom is 0.335 e. The van der Waals surface area contributed by atoms with Crippen LogP contribution in [0.2, 0.25) is 0 Å². The molecule has 0 radical (unpaired) electrons. The van der Waals surface area contributed by atoms with Crippen LogP contribution in [-0.2, 0) is 9.59 Å². The molecule has 0 saturated carbocycles. The number of aryl methyl sites for hydroxylation is 1. The van der Waals surface area contributed by atoms with Gasteiger partial charge >= 0.3 is 5.97 Å². The van der Waals surface area contributed by atoms with Gasteiger partial charge in [-0.1, -0.05) is 29.5 Å². The van der Waals surface area contributed by atoms with E-state index in [-0.39, 0.29) is 23.8 Å². The maximum absolute atomic E-state index is 12.4. The normalized spacial score (nSPS) is 17.8. The van der Waals surface area contributed by atoms with Gasteiger partial charge in [-0.3, -0.25) is 14.5 Å². The zero-order valence-electron chi connectivity index (χ0n) is 15.4. The van der Waals surface area contributed by atoms with Gasteiger partial charge in [0, 0.05) is 19.2 Å². The molecule has 144 valence electrons. The Bertz CT molecular complexity index is 939. The Balaban J connectivity index is 1.63. The number of carbonyl (C=O) groups is 3. The first-order valence-corrected chi connectivity index (χ1v) is 9.44. The molecule has 1 saturated heterocycles. The molecule has 1 atom stereocenters. The van der Waals surface area contributed by atoms with Gasteiger partial charge in [0.1, 0.15) is 5.25 Å². The van der Waals surface area contributed by atoms with E-state index in [9.17, 15) is 14.4 Å². The lowest BCUT2D eigenvalue weighted by atomic mass is 10.2. The van der Waals surface area contributed by atoms with Crippen LogP contribution in [0.5, 0.6) is 0 Å². The fourth-order valence-electron chi connectivity index (χ4n) is 2.60. The molecule has 1 heterocycles. The Morgan fingerprint density at radius 3 is 2.39 bits per heavy atom. The van der Waals surface area contributed by atoms with E-state index in [0.29, 0.717) is 10.9 Å². The second-order valence-electron chi connectivity index (χ2n) is 6.37. The van der Waals surface area contributed by atoms with Crippen LogP contribution in [0.25, 0.3) is 0 Å². The van der Waals surface area contributed by atoms with Crippen molar-refractivity contribution in [1.82, 2.24) is 4.90 Å². The summed E-state index contributed by atoms with van der Waals surface area (Å²) < 4.78 is 0. The van der Waals surface area contributed by atoms with Gasteiger partial charge in [0.15, 0.2) is 5.17 Å². The summed E-state index contributed by atoms with van der Waals surface area (Å²) in [6.07, 6.45) is 0.00143. The highest BCUT2D eigenvalue weighted by Crippen LogP contribution is 2.30. The molecule has 2 aromatic rings. The van der Waals surface area contributed by atoms with Crippen LogP contribution in [0.4, 0.5) is 11.4 Å². The number of rotatable bonds is 5. The third kappa shape index (κ3) is 4.58. The number of aromatic carboxylic acids is 1. The van der Waals surface area contributed by atoms with E-state index in [1.807, 2.05) is 31.2 Å². The summed E-state index contributed by atoms with van der Waals surface area (Å²) in [7, 11) is 1.64. The first kappa shape index (κ1) is 19.6. The Hall–Kier alpha value is -3.13. The summed E-state index contributed by atoms with van der Waals surface area (Å²) in [6, 6.07) is 13.5. The van der Waals surface area contributed by atoms with Crippen LogP contribution in [-0.4, -0.2) is 45.3 Å². The predicted octanol–water partition coefficient (Wildman–Crippen LogP) is 3.28. The number of aliphatic imine (C=N–C) groups is 1. The van der Waals surface area contributed by atoms with Gasteiger partial charge in [0.25, 0.3) is 0 Å². The minimum Gasteiger partial charge on any atom is -0.478 e. The first-order valence-electron chi connectivity index (χ1n) is 8.56. The lowest BCUT2D eigenvalue weighted by Crippen LogP contribution is -2.30. The van der Waals surface area contributed by atoms with E-state index in [0.717, 1.165) is 11.3 Å². The molecule has 7 nitrogen and oxygen atoms in total. The number of amides is 2. The number of nitrogens with one attached hydrogen (secondary N) is 1. The fraction of sp³-hybridized carbons (Fsp3) is 0.200. The maximum atomic E-state index is 12.4. The second kappa shape index (κ2) is 8.26. The first-order chi connectivity index (χ1) is 13.3. The van der Waals surface area contributed by atoms with E-state index >= 15 is 0 Å². The molecule has 0 bridgehead atoms. The molecular formula is C20H19N3O4S. The number of amidine groups is 1. The van der Waals surface area contributed by atoms with Gasteiger partial charge in [0.2, 0.25) is 11.8 Å². The number of carboxylic acids is 1. The molecule has 3 rings (SSSR count). The smallest absolute Gasteiger partial charge is 0.335 e. The van der Waals surface area contributed by atoms with E-state index in [1.165, 1.54) is 40.9 Å². The molecule has 0 aromatic heterocycles. The van der Waals surface area contributed by atoms with E-state index in [4.69, 9.17) is 5.11 Å². The standard InChI is InChI=1S/C20H19N3O4S/c1-12-3-7-15(8-4-12)22-20-23(2)18(25)16(28-20)11-17(24)21-14-9-5-13(6-10-14)19(26)27/h3-10,16H,11H2,1-2H3,(H,21,24)(H,26,27)/t16-/m1/s1. The second-order valence-corrected chi connectivity index (χ2v) is 7.54. The van der Waals surface area contributed by atoms with Gasteiger partial charge in [-0.25, -0.2) is 9.79 Å². The van der Waals surface area contributed by atoms with Gasteiger partial charge < -0.3 is 10.4 Å². The van der Waals surface area contributed by atoms with Crippen LogP contribution >= 0.6 is 11.8 Å². The van der Waals surface area contributed by atoms with Gasteiger partial charge in [-0.05, 0) is 43.3 Å². The van der Waals surface area contributed by atoms with Crippen molar-refractivity contribution in [3.05, 3.63) is 59.7 Å². The van der Waals surface area contributed by atoms with Crippen LogP contribution in [0.15, 0.2) is 53.5 Å². The van der Waals surface area contributed by atoms with Crippen molar-refractivity contribution in [2.75, 3.05) is 12.4 Å². The molecule has 1 aliphatic heterocycles. The molecule has 8 heteroatoms. The van der Waals surface area contributed by atoms with Crippen molar-refractivity contribution in [3.63, 3.8) is 0 Å². The molecule has 0 unspecified atom stereocenters. The summed E-state index contributed by atoms with van der Waals surface area (Å²) in [5, 5.41) is 11.6. The fourth-order valence-corrected chi connectivity index (χ4v) is 3.76. The molecule has 2 amide bonds. The topological polar surface area (TPSA) is 99.1 Å². The minimum atomic E-state index is -1.03. The molecular weight excluding hydrogens is 378 g/mol. The van der Waals surface area contributed by atoms with Crippen LogP contribution in [0.3, 0.4) is 0 Å². The number of benzene rings is 2. The van der Waals surface area contributed by atoms with Crippen molar-refractivity contribution in [2.24, 2.45) is 4.99 Å². The SMILES string of the molecule is Cc1ccc(N=C2S[C@H](CC(=O)Nc3ccc(C(=O)O)cc3)C(=O)N2C)cc1. The lowest BCUT2D eigenvalue weighted by Gasteiger charge is -2.09. The molecule has 0 spiro atoms. The van der Waals surface area contributed by atoms with E-state index < -0.39 is 11.2 Å². The van der Waals surface area contributed by atoms with Crippen molar-refractivity contribution in [3.8, 4) is 0 Å². The quantitative estimate of drug-likeness (QED) is 0.807. The average molecular weight is 397 g/mol. The Kier molecular flexibility index (Phi) is 5.79. The highest BCUT2D eigenvalue weighted by Gasteiger charge is 2.37. The van der Waals surface area contributed by atoms with Crippen molar-refractivity contribution in [2.45, 2.75) is 18.6 Å². The molecule has 2 N–H and O–H groups in total. The minimum absolute atomic E-state index is 0.00143. The van der Waals surface area contributed by atoms with Crippen LogP contribution in [0.1, 0.15) is 22.3 Å². The number of thioether (sulfide) groups is 1. The highest BCUT2D eigenvalue weighted by atomic mass is 32.2. The zero-order valence-corrected chi connectivity index (χ0v) is 16.2. The van der Waals surface area contributed by atoms with Gasteiger partial charge in [-0.15, -0.1) is 0 Å². The molecule has 28 heavy (non-hydrogen) atoms. The molecule has 1 fully saturated rings. The van der Waals surface area contributed by atoms with Gasteiger partial charge in [-0.2, -0.15) is 0 Å². The largest absolute Gasteiger partial charge is 0.478 e. The van der Waals surface area contributed by atoms with Crippen molar-refractivity contribution >= 4 is 46.1 Å². The molecule has 0 aliphatic carbocycles. The third-order valence-corrected chi connectivity index (χ3v) is 5.41. The summed E-state index contributed by atoms with van der Waals surface area (Å²) in [5.74, 6) is -1.53. The number of nitrogens with zero attached hydrogens (tertiary/aromatic N) is 2. The third-order valence-electron chi connectivity index (χ3n) is 4.19. The summed E-state index contributed by atoms with van der Waals surface area (Å²) in [4.78, 5) is 41.6. The Morgan fingerprint density at radius 2 is 1.79 bits per heavy atom. The Labute approximate surface area is 166 Å². The average Bonchev–Trinajstić information content (AvgIpc) is 2.92. The molecule has 1 aliphatic rings. The summed E-state index contributed by atoms with van der Waals surface area (Å²) in [6.45, 7) is 1.99. The lowest BCUT2D eigenvalue weighted by molar-refractivity contribution is -0.127. The van der Waals surface area contributed by atoms with Crippen LogP contribution < -0.4 is 5.32 Å². The number of hydrogen-bond donors (Lipinski definition) is 2. The number of carboxylic acid groups (broad SMARTS) is 1. The van der Waals surface area contributed by atoms with E-state index in [2.05, 4.69) is 10.3 Å². The summed E-state index contributed by atoms with van der Waals surface area (Å²) in [5.41, 5.74) is 2.49.